The molecule has 0 radical (unpaired) electrons. The molecule has 0 atom stereocenters. The van der Waals surface area contributed by atoms with Crippen molar-refractivity contribution in [3.8, 4) is 113 Å². The average molecular weight is 1350 g/mol. The number of hydrogen-bond donors (Lipinski definition) is 0. The van der Waals surface area contributed by atoms with Crippen LogP contribution in [0.5, 0.6) is 0 Å². The number of benzene rings is 15. The molecule has 0 amide bonds. The second-order valence-corrected chi connectivity index (χ2v) is 27.2. The van der Waals surface area contributed by atoms with E-state index >= 15 is 0 Å². The van der Waals surface area contributed by atoms with Gasteiger partial charge in [-0.05, 0) is 149 Å². The van der Waals surface area contributed by atoms with Crippen molar-refractivity contribution in [2.45, 2.75) is 0 Å². The summed E-state index contributed by atoms with van der Waals surface area (Å²) >= 11 is 0. The Balaban J connectivity index is 0.592. The van der Waals surface area contributed by atoms with Crippen molar-refractivity contribution in [1.82, 2.24) is 43.2 Å². The molecule has 0 unspecified atom stereocenters. The van der Waals surface area contributed by atoms with Crippen LogP contribution in [0.25, 0.3) is 200 Å². The summed E-state index contributed by atoms with van der Waals surface area (Å²) in [5.74, 6) is 2.49. The van der Waals surface area contributed by atoms with E-state index in [1.165, 1.54) is 43.4 Å². The van der Waals surface area contributed by atoms with Crippen LogP contribution in [0.4, 0.5) is 0 Å². The van der Waals surface area contributed by atoms with Crippen molar-refractivity contribution >= 4 is 87.2 Å². The van der Waals surface area contributed by atoms with Gasteiger partial charge in [-0.15, -0.1) is 0 Å². The molecule has 494 valence electrons. The molecule has 0 aliphatic rings. The van der Waals surface area contributed by atoms with Gasteiger partial charge in [0.25, 0.3) is 0 Å². The quantitative estimate of drug-likeness (QED) is 0.122. The van der Waals surface area contributed by atoms with Crippen LogP contribution in [0.2, 0.25) is 0 Å². The van der Waals surface area contributed by atoms with Gasteiger partial charge in [0.05, 0.1) is 55.5 Å². The van der Waals surface area contributed by atoms with Crippen molar-refractivity contribution in [1.29, 1.82) is 0 Å². The van der Waals surface area contributed by atoms with Gasteiger partial charge in [0.1, 0.15) is 0 Å². The minimum Gasteiger partial charge on any atom is -0.309 e. The highest BCUT2D eigenvalue weighted by Crippen LogP contribution is 2.43. The summed E-state index contributed by atoms with van der Waals surface area (Å²) in [4.78, 5) is 26.0. The van der Waals surface area contributed by atoms with Crippen LogP contribution in [0.15, 0.2) is 370 Å². The molecule has 6 aromatic heterocycles. The number of rotatable bonds is 12. The Morgan fingerprint density at radius 1 is 0.151 bits per heavy atom. The third-order valence-corrected chi connectivity index (χ3v) is 21.1. The van der Waals surface area contributed by atoms with Crippen LogP contribution in [-0.2, 0) is 0 Å². The Morgan fingerprint density at radius 3 is 0.868 bits per heavy atom. The number of hydrogen-bond acceptors (Lipinski definition) is 5. The Bertz CT molecular complexity index is 6980. The van der Waals surface area contributed by atoms with Crippen LogP contribution < -0.4 is 0 Å². The first-order chi connectivity index (χ1) is 52.5. The molecular weight excluding hydrogens is 1290 g/mol. The lowest BCUT2D eigenvalue weighted by molar-refractivity contribution is 0.995. The number of fused-ring (bicyclic) bond motifs is 12. The average Bonchev–Trinajstić information content (AvgIpc) is 1.58. The van der Waals surface area contributed by atoms with Gasteiger partial charge in [-0.3, -0.25) is 4.57 Å². The van der Waals surface area contributed by atoms with Crippen molar-refractivity contribution in [3.05, 3.63) is 370 Å². The van der Waals surface area contributed by atoms with Gasteiger partial charge >= 0.3 is 0 Å². The van der Waals surface area contributed by atoms with E-state index in [9.17, 15) is 0 Å². The van der Waals surface area contributed by atoms with E-state index in [0.29, 0.717) is 23.4 Å². The van der Waals surface area contributed by atoms with E-state index in [1.807, 2.05) is 66.7 Å². The number of aromatic nitrogens is 9. The van der Waals surface area contributed by atoms with E-state index in [1.54, 1.807) is 0 Å². The lowest BCUT2D eigenvalue weighted by Crippen LogP contribution is -2.04. The normalized spacial score (nSPS) is 11.8. The highest BCUT2D eigenvalue weighted by atomic mass is 15.2. The molecule has 21 rings (SSSR count). The molecule has 21 aromatic rings. The van der Waals surface area contributed by atoms with Gasteiger partial charge in [0.2, 0.25) is 5.95 Å². The molecule has 0 fully saturated rings. The lowest BCUT2D eigenvalue weighted by Gasteiger charge is -2.13. The van der Waals surface area contributed by atoms with E-state index in [0.717, 1.165) is 134 Å². The summed E-state index contributed by atoms with van der Waals surface area (Å²) < 4.78 is 9.36. The Hall–Kier alpha value is -14.4. The first-order valence-corrected chi connectivity index (χ1v) is 35.9. The van der Waals surface area contributed by atoms with Gasteiger partial charge < -0.3 is 13.7 Å². The summed E-state index contributed by atoms with van der Waals surface area (Å²) in [6, 6.07) is 132. The predicted octanol–water partition coefficient (Wildman–Crippen LogP) is 24.4. The lowest BCUT2D eigenvalue weighted by atomic mass is 10.0. The first kappa shape index (κ1) is 60.4. The fraction of sp³-hybridized carbons (Fsp3) is 0. The van der Waals surface area contributed by atoms with Crippen molar-refractivity contribution in [3.63, 3.8) is 0 Å². The second-order valence-electron chi connectivity index (χ2n) is 27.2. The predicted molar refractivity (Wildman–Crippen MR) is 436 cm³/mol. The minimum atomic E-state index is 0.613. The highest BCUT2D eigenvalue weighted by Gasteiger charge is 2.23. The molecule has 0 saturated heterocycles. The maximum Gasteiger partial charge on any atom is 0.235 e. The zero-order valence-corrected chi connectivity index (χ0v) is 57.2. The largest absolute Gasteiger partial charge is 0.309 e. The summed E-state index contributed by atoms with van der Waals surface area (Å²) in [7, 11) is 0. The molecule has 0 aliphatic heterocycles. The molecule has 6 heterocycles. The fourth-order valence-corrected chi connectivity index (χ4v) is 16.0. The molecule has 0 bridgehead atoms. The zero-order valence-electron chi connectivity index (χ0n) is 57.2. The van der Waals surface area contributed by atoms with Gasteiger partial charge in [-0.1, -0.05) is 255 Å². The number of nitrogens with zero attached hydrogens (tertiary/aromatic N) is 9. The standard InChI is InChI=1S/C97H61N9/c1-5-22-64(23-6-1)84-61-85(99-97(98-84)106-89-39-20-16-35-79(89)83-60-71(49-55-93(83)106)69-46-52-90-80(57-69)76-32-13-17-36-86(76)103(90)73-29-11-4-12-30-73)65-42-40-62(41-43-65)63-44-50-74(51-45-63)104-87-37-18-14-33-77(87)81-58-68(47-53-91(81)104)70-48-54-92-82(59-70)78-34-15-19-38-88(78)105(92)75-31-21-28-72(56-75)96-101-94(66-24-7-2-8-25-66)100-95(102-96)67-26-9-3-10-27-67/h1-61H. The molecular formula is C97H61N9. The monoisotopic (exact) mass is 1350 g/mol. The molecule has 0 aliphatic carbocycles. The summed E-state index contributed by atoms with van der Waals surface area (Å²) in [5, 5.41) is 9.48. The maximum atomic E-state index is 5.46. The van der Waals surface area contributed by atoms with Crippen molar-refractivity contribution in [2.24, 2.45) is 0 Å². The van der Waals surface area contributed by atoms with Crippen LogP contribution in [-0.4, -0.2) is 43.2 Å². The second kappa shape index (κ2) is 24.7. The summed E-state index contributed by atoms with van der Waals surface area (Å²) in [5.41, 5.74) is 25.6. The topological polar surface area (TPSA) is 84.2 Å². The minimum absolute atomic E-state index is 0.613. The van der Waals surface area contributed by atoms with E-state index in [4.69, 9.17) is 24.9 Å². The first-order valence-electron chi connectivity index (χ1n) is 35.9. The smallest absolute Gasteiger partial charge is 0.235 e. The fourth-order valence-electron chi connectivity index (χ4n) is 16.0. The molecule has 9 heteroatoms. The van der Waals surface area contributed by atoms with E-state index in [-0.39, 0.29) is 0 Å². The summed E-state index contributed by atoms with van der Waals surface area (Å²) in [6.07, 6.45) is 0. The van der Waals surface area contributed by atoms with Gasteiger partial charge in [-0.2, -0.15) is 0 Å². The Morgan fingerprint density at radius 2 is 0.434 bits per heavy atom. The van der Waals surface area contributed by atoms with Crippen LogP contribution >= 0.6 is 0 Å². The highest BCUT2D eigenvalue weighted by molar-refractivity contribution is 6.15. The third kappa shape index (κ3) is 10.1. The van der Waals surface area contributed by atoms with E-state index in [2.05, 4.69) is 322 Å². The maximum absolute atomic E-state index is 5.46. The van der Waals surface area contributed by atoms with Gasteiger partial charge in [0.15, 0.2) is 17.5 Å². The molecule has 9 nitrogen and oxygen atoms in total. The molecule has 0 saturated carbocycles. The Labute approximate surface area is 609 Å². The molecule has 106 heavy (non-hydrogen) atoms. The third-order valence-electron chi connectivity index (χ3n) is 21.1. The molecule has 0 spiro atoms. The molecule has 15 aromatic carbocycles. The van der Waals surface area contributed by atoms with Crippen LogP contribution in [0.3, 0.4) is 0 Å². The van der Waals surface area contributed by atoms with Gasteiger partial charge in [0, 0.05) is 88.0 Å². The SMILES string of the molecule is c1ccc(-c2cc(-c3ccc(-c4ccc(-n5c6ccccc6c6cc(-c7ccc8c(c7)c7ccccc7n8-c7cccc(-c8nc(-c9ccccc9)nc(-c9ccccc9)n8)c7)ccc65)cc4)cc3)nc(-n3c4ccccc4c4cc(-c5ccc6c(c5)c5ccccc5n6-c5ccccc5)ccc43)n2)cc1. The van der Waals surface area contributed by atoms with Crippen LogP contribution in [0, 0.1) is 0 Å². The van der Waals surface area contributed by atoms with Crippen molar-refractivity contribution < 1.29 is 0 Å². The molecule has 0 N–H and O–H groups in total. The number of para-hydroxylation sites is 5. The zero-order chi connectivity index (χ0) is 69.8. The Kier molecular flexibility index (Phi) is 14.1. The van der Waals surface area contributed by atoms with Gasteiger partial charge in [-0.25, -0.2) is 24.9 Å². The van der Waals surface area contributed by atoms with Crippen LogP contribution in [0.1, 0.15) is 0 Å². The van der Waals surface area contributed by atoms with E-state index < -0.39 is 0 Å². The van der Waals surface area contributed by atoms with Crippen molar-refractivity contribution in [2.75, 3.05) is 0 Å². The summed E-state index contributed by atoms with van der Waals surface area (Å²) in [6.45, 7) is 0.